The Morgan fingerprint density at radius 3 is 2.41 bits per heavy atom. The molecule has 1 atom stereocenters. The molecule has 1 N–H and O–H groups in total. The number of carbonyl (C=O) groups excluding carboxylic acids is 2. The average Bonchev–Trinajstić information content (AvgIpc) is 2.61. The third kappa shape index (κ3) is 3.08. The van der Waals surface area contributed by atoms with Crippen LogP contribution < -0.4 is 5.32 Å². The largest absolute Gasteiger partial charge is 0.471 e. The van der Waals surface area contributed by atoms with Crippen LogP contribution in [-0.4, -0.2) is 28.5 Å². The minimum atomic E-state index is -4.98. The molecule has 0 bridgehead atoms. The van der Waals surface area contributed by atoms with Crippen molar-refractivity contribution in [3.8, 4) is 0 Å². The van der Waals surface area contributed by atoms with E-state index in [1.54, 1.807) is 24.6 Å². The first-order valence-electron chi connectivity index (χ1n) is 4.76. The van der Waals surface area contributed by atoms with Gasteiger partial charge < -0.3 is 9.88 Å². The molecule has 0 spiro atoms. The number of nitrogens with zero attached hydrogens (tertiary/aromatic N) is 1. The summed E-state index contributed by atoms with van der Waals surface area (Å²) in [5.74, 6) is -2.69. The second-order valence-corrected chi connectivity index (χ2v) is 3.56. The number of amides is 1. The summed E-state index contributed by atoms with van der Waals surface area (Å²) in [6.45, 7) is 1.21. The normalized spacial score (nSPS) is 13.2. The number of carbonyl (C=O) groups is 2. The SMILES string of the molecule is C[C@@H](NC(=O)C(F)(F)F)C(=O)c1cccn1C. The second kappa shape index (κ2) is 4.60. The standard InChI is InChI=1S/C10H11F3N2O2/c1-6(14-9(17)10(11,12)13)8(16)7-4-3-5-15(7)2/h3-6H,1-2H3,(H,14,17)/t6-/m1/s1. The van der Waals surface area contributed by atoms with Crippen molar-refractivity contribution in [2.75, 3.05) is 0 Å². The highest BCUT2D eigenvalue weighted by Crippen LogP contribution is 2.15. The van der Waals surface area contributed by atoms with Gasteiger partial charge in [0, 0.05) is 13.2 Å². The maximum Gasteiger partial charge on any atom is 0.471 e. The minimum absolute atomic E-state index is 0.236. The molecule has 0 fully saturated rings. The third-order valence-electron chi connectivity index (χ3n) is 2.19. The predicted molar refractivity (Wildman–Crippen MR) is 53.4 cm³/mol. The average molecular weight is 248 g/mol. The molecule has 0 aromatic carbocycles. The van der Waals surface area contributed by atoms with E-state index < -0.39 is 23.9 Å². The maximum absolute atomic E-state index is 12.0. The van der Waals surface area contributed by atoms with Crippen LogP contribution in [0.2, 0.25) is 0 Å². The third-order valence-corrected chi connectivity index (χ3v) is 2.19. The zero-order chi connectivity index (χ0) is 13.2. The van der Waals surface area contributed by atoms with E-state index in [0.717, 1.165) is 0 Å². The van der Waals surface area contributed by atoms with Crippen LogP contribution in [0.3, 0.4) is 0 Å². The monoisotopic (exact) mass is 248 g/mol. The fraction of sp³-hybridized carbons (Fsp3) is 0.400. The molecule has 1 aromatic rings. The van der Waals surface area contributed by atoms with E-state index in [2.05, 4.69) is 0 Å². The number of halogens is 3. The van der Waals surface area contributed by atoms with Gasteiger partial charge in [0.2, 0.25) is 5.78 Å². The molecule has 0 unspecified atom stereocenters. The second-order valence-electron chi connectivity index (χ2n) is 3.56. The summed E-state index contributed by atoms with van der Waals surface area (Å²) in [4.78, 5) is 22.3. The van der Waals surface area contributed by atoms with Crippen molar-refractivity contribution >= 4 is 11.7 Å². The zero-order valence-electron chi connectivity index (χ0n) is 9.21. The van der Waals surface area contributed by atoms with E-state index in [1.807, 2.05) is 0 Å². The predicted octanol–water partition coefficient (Wildman–Crippen LogP) is 1.27. The van der Waals surface area contributed by atoms with E-state index in [0.29, 0.717) is 0 Å². The highest BCUT2D eigenvalue weighted by Gasteiger charge is 2.40. The number of nitrogens with one attached hydrogen (secondary N) is 1. The van der Waals surface area contributed by atoms with Crippen molar-refractivity contribution in [1.29, 1.82) is 0 Å². The molecule has 1 heterocycles. The van der Waals surface area contributed by atoms with Crippen molar-refractivity contribution in [1.82, 2.24) is 9.88 Å². The number of aromatic nitrogens is 1. The van der Waals surface area contributed by atoms with Gasteiger partial charge in [0.1, 0.15) is 0 Å². The molecule has 0 aliphatic carbocycles. The summed E-state index contributed by atoms with van der Waals surface area (Å²) in [6, 6.07) is 1.84. The summed E-state index contributed by atoms with van der Waals surface area (Å²) in [7, 11) is 1.59. The van der Waals surface area contributed by atoms with E-state index >= 15 is 0 Å². The zero-order valence-corrected chi connectivity index (χ0v) is 9.21. The number of rotatable bonds is 3. The number of alkyl halides is 3. The lowest BCUT2D eigenvalue weighted by Gasteiger charge is -2.14. The Morgan fingerprint density at radius 1 is 1.41 bits per heavy atom. The Bertz CT molecular complexity index is 437. The summed E-state index contributed by atoms with van der Waals surface area (Å²) in [5.41, 5.74) is 0.236. The van der Waals surface area contributed by atoms with Gasteiger partial charge in [0.25, 0.3) is 0 Å². The van der Waals surface area contributed by atoms with Crippen LogP contribution in [0, 0.1) is 0 Å². The van der Waals surface area contributed by atoms with Crippen molar-refractivity contribution < 1.29 is 22.8 Å². The topological polar surface area (TPSA) is 51.1 Å². The van der Waals surface area contributed by atoms with Gasteiger partial charge in [0.05, 0.1) is 11.7 Å². The van der Waals surface area contributed by atoms with Crippen LogP contribution in [0.25, 0.3) is 0 Å². The summed E-state index contributed by atoms with van der Waals surface area (Å²) in [6.07, 6.45) is -3.39. The van der Waals surface area contributed by atoms with Crippen LogP contribution in [0.5, 0.6) is 0 Å². The highest BCUT2D eigenvalue weighted by molar-refractivity contribution is 6.01. The molecule has 1 aromatic heterocycles. The molecule has 94 valence electrons. The molecule has 0 saturated carbocycles. The Labute approximate surface area is 95.4 Å². The molecule has 1 amide bonds. The quantitative estimate of drug-likeness (QED) is 0.819. The Balaban J connectivity index is 2.73. The minimum Gasteiger partial charge on any atom is -0.348 e. The van der Waals surface area contributed by atoms with Gasteiger partial charge in [-0.15, -0.1) is 0 Å². The van der Waals surface area contributed by atoms with E-state index in [4.69, 9.17) is 0 Å². The first-order chi connectivity index (χ1) is 7.73. The lowest BCUT2D eigenvalue weighted by Crippen LogP contribution is -2.45. The van der Waals surface area contributed by atoms with Gasteiger partial charge in [-0.1, -0.05) is 0 Å². The number of hydrogen-bond acceptors (Lipinski definition) is 2. The number of ketones is 1. The van der Waals surface area contributed by atoms with Crippen molar-refractivity contribution in [3.63, 3.8) is 0 Å². The fourth-order valence-corrected chi connectivity index (χ4v) is 1.28. The smallest absolute Gasteiger partial charge is 0.348 e. The van der Waals surface area contributed by atoms with E-state index in [9.17, 15) is 22.8 Å². The maximum atomic E-state index is 12.0. The molecular formula is C10H11F3N2O2. The Hall–Kier alpha value is -1.79. The highest BCUT2D eigenvalue weighted by atomic mass is 19.4. The summed E-state index contributed by atoms with van der Waals surface area (Å²) < 4.78 is 37.4. The molecular weight excluding hydrogens is 237 g/mol. The van der Waals surface area contributed by atoms with Crippen LogP contribution in [0.4, 0.5) is 13.2 Å². The molecule has 0 aliphatic rings. The first-order valence-corrected chi connectivity index (χ1v) is 4.76. The molecule has 4 nitrogen and oxygen atoms in total. The molecule has 17 heavy (non-hydrogen) atoms. The van der Waals surface area contributed by atoms with Crippen LogP contribution in [0.1, 0.15) is 17.4 Å². The van der Waals surface area contributed by atoms with E-state index in [-0.39, 0.29) is 5.69 Å². The number of aryl methyl sites for hydroxylation is 1. The van der Waals surface area contributed by atoms with E-state index in [1.165, 1.54) is 17.6 Å². The van der Waals surface area contributed by atoms with Crippen LogP contribution in [0.15, 0.2) is 18.3 Å². The van der Waals surface area contributed by atoms with Gasteiger partial charge in [-0.3, -0.25) is 9.59 Å². The molecule has 0 radical (unpaired) electrons. The van der Waals surface area contributed by atoms with Crippen molar-refractivity contribution in [2.24, 2.45) is 7.05 Å². The van der Waals surface area contributed by atoms with Crippen molar-refractivity contribution in [2.45, 2.75) is 19.1 Å². The summed E-state index contributed by atoms with van der Waals surface area (Å²) >= 11 is 0. The van der Waals surface area contributed by atoms with Gasteiger partial charge in [-0.25, -0.2) is 0 Å². The molecule has 0 aliphatic heterocycles. The fourth-order valence-electron chi connectivity index (χ4n) is 1.28. The van der Waals surface area contributed by atoms with Gasteiger partial charge >= 0.3 is 12.1 Å². The van der Waals surface area contributed by atoms with Gasteiger partial charge in [-0.2, -0.15) is 13.2 Å². The summed E-state index contributed by atoms with van der Waals surface area (Å²) in [5, 5.41) is 1.61. The van der Waals surface area contributed by atoms with Crippen LogP contribution >= 0.6 is 0 Å². The molecule has 0 saturated heterocycles. The Kier molecular flexibility index (Phi) is 3.59. The van der Waals surface area contributed by atoms with Crippen LogP contribution in [-0.2, 0) is 11.8 Å². The molecule has 7 heteroatoms. The number of Topliss-reactive ketones (excluding diaryl/α,β-unsaturated/α-hetero) is 1. The number of hydrogen-bond donors (Lipinski definition) is 1. The Morgan fingerprint density at radius 2 is 2.00 bits per heavy atom. The lowest BCUT2D eigenvalue weighted by molar-refractivity contribution is -0.173. The van der Waals surface area contributed by atoms with Gasteiger partial charge in [0.15, 0.2) is 0 Å². The van der Waals surface area contributed by atoms with Gasteiger partial charge in [-0.05, 0) is 19.1 Å². The first kappa shape index (κ1) is 13.3. The lowest BCUT2D eigenvalue weighted by atomic mass is 10.1. The molecule has 1 rings (SSSR count). The van der Waals surface area contributed by atoms with Crippen molar-refractivity contribution in [3.05, 3.63) is 24.0 Å².